The highest BCUT2D eigenvalue weighted by molar-refractivity contribution is 5.91. The Morgan fingerprint density at radius 2 is 2.15 bits per heavy atom. The summed E-state index contributed by atoms with van der Waals surface area (Å²) in [5, 5.41) is 2.82. The Balaban J connectivity index is 1.90. The highest BCUT2D eigenvalue weighted by Crippen LogP contribution is 2.11. The van der Waals surface area contributed by atoms with Crippen molar-refractivity contribution in [3.8, 4) is 5.75 Å². The summed E-state index contributed by atoms with van der Waals surface area (Å²) < 4.78 is 6.87. The van der Waals surface area contributed by atoms with E-state index in [1.807, 2.05) is 24.3 Å². The van der Waals surface area contributed by atoms with Gasteiger partial charge in [0.15, 0.2) is 0 Å². The molecule has 0 atom stereocenters. The van der Waals surface area contributed by atoms with E-state index in [0.29, 0.717) is 25.3 Å². The number of benzene rings is 1. The standard InChI is InChI=1S/C14H18N4O2/c1-20-12-4-2-11(3-5-12)8-16-14(19)13-9-18(7-6-15)10-17-13/h2-5,9-10H,6-8,15H2,1H3,(H,16,19). The van der Waals surface area contributed by atoms with Crippen LogP contribution in [0, 0.1) is 0 Å². The molecule has 2 rings (SSSR count). The van der Waals surface area contributed by atoms with Crippen LogP contribution in [0.15, 0.2) is 36.8 Å². The first-order valence-electron chi connectivity index (χ1n) is 6.36. The van der Waals surface area contributed by atoms with Crippen molar-refractivity contribution in [1.29, 1.82) is 0 Å². The molecule has 1 heterocycles. The van der Waals surface area contributed by atoms with Gasteiger partial charge in [0, 0.05) is 25.8 Å². The molecule has 1 amide bonds. The molecule has 0 aliphatic carbocycles. The summed E-state index contributed by atoms with van der Waals surface area (Å²) in [5.41, 5.74) is 6.84. The van der Waals surface area contributed by atoms with E-state index >= 15 is 0 Å². The molecule has 0 spiro atoms. The Labute approximate surface area is 117 Å². The van der Waals surface area contributed by atoms with Gasteiger partial charge in [-0.05, 0) is 17.7 Å². The molecule has 1 aromatic carbocycles. The number of hydrogen-bond donors (Lipinski definition) is 2. The topological polar surface area (TPSA) is 82.2 Å². The molecule has 0 unspecified atom stereocenters. The number of methoxy groups -OCH3 is 1. The van der Waals surface area contributed by atoms with Crippen molar-refractivity contribution >= 4 is 5.91 Å². The Bertz CT molecular complexity index is 563. The number of hydrogen-bond acceptors (Lipinski definition) is 4. The van der Waals surface area contributed by atoms with E-state index in [0.717, 1.165) is 11.3 Å². The second kappa shape index (κ2) is 6.72. The van der Waals surface area contributed by atoms with Crippen molar-refractivity contribution in [2.45, 2.75) is 13.1 Å². The van der Waals surface area contributed by atoms with Crippen molar-refractivity contribution in [3.05, 3.63) is 48.0 Å². The Morgan fingerprint density at radius 3 is 2.80 bits per heavy atom. The molecular formula is C14H18N4O2. The van der Waals surface area contributed by atoms with Crippen LogP contribution in [-0.2, 0) is 13.1 Å². The first-order valence-corrected chi connectivity index (χ1v) is 6.36. The van der Waals surface area contributed by atoms with Crippen LogP contribution >= 0.6 is 0 Å². The Hall–Kier alpha value is -2.34. The minimum atomic E-state index is -0.198. The monoisotopic (exact) mass is 274 g/mol. The fraction of sp³-hybridized carbons (Fsp3) is 0.286. The second-order valence-electron chi connectivity index (χ2n) is 4.32. The molecule has 106 valence electrons. The molecule has 6 heteroatoms. The third kappa shape index (κ3) is 3.58. The number of amides is 1. The quantitative estimate of drug-likeness (QED) is 0.815. The minimum Gasteiger partial charge on any atom is -0.497 e. The molecule has 0 aliphatic heterocycles. The van der Waals surface area contributed by atoms with Crippen molar-refractivity contribution in [2.75, 3.05) is 13.7 Å². The predicted octanol–water partition coefficient (Wildman–Crippen LogP) is 0.780. The van der Waals surface area contributed by atoms with E-state index < -0.39 is 0 Å². The molecule has 0 bridgehead atoms. The van der Waals surface area contributed by atoms with Crippen LogP contribution in [0.5, 0.6) is 5.75 Å². The molecular weight excluding hydrogens is 256 g/mol. The van der Waals surface area contributed by atoms with Crippen LogP contribution < -0.4 is 15.8 Å². The van der Waals surface area contributed by atoms with Gasteiger partial charge in [-0.2, -0.15) is 0 Å². The number of nitrogens with one attached hydrogen (secondary N) is 1. The van der Waals surface area contributed by atoms with Crippen LogP contribution in [0.2, 0.25) is 0 Å². The summed E-state index contributed by atoms with van der Waals surface area (Å²) >= 11 is 0. The first-order chi connectivity index (χ1) is 9.72. The highest BCUT2D eigenvalue weighted by atomic mass is 16.5. The molecule has 3 N–H and O–H groups in total. The zero-order valence-electron chi connectivity index (χ0n) is 11.4. The summed E-state index contributed by atoms with van der Waals surface area (Å²) in [6.07, 6.45) is 3.30. The van der Waals surface area contributed by atoms with E-state index in [9.17, 15) is 4.79 Å². The number of ether oxygens (including phenoxy) is 1. The lowest BCUT2D eigenvalue weighted by atomic mass is 10.2. The fourth-order valence-electron chi connectivity index (χ4n) is 1.76. The number of aromatic nitrogens is 2. The van der Waals surface area contributed by atoms with E-state index in [1.54, 1.807) is 24.2 Å². The lowest BCUT2D eigenvalue weighted by molar-refractivity contribution is 0.0946. The van der Waals surface area contributed by atoms with Gasteiger partial charge < -0.3 is 20.4 Å². The lowest BCUT2D eigenvalue weighted by Gasteiger charge is -2.05. The summed E-state index contributed by atoms with van der Waals surface area (Å²) in [6, 6.07) is 7.53. The number of rotatable bonds is 6. The van der Waals surface area contributed by atoms with Crippen LogP contribution in [0.4, 0.5) is 0 Å². The van der Waals surface area contributed by atoms with E-state index in [1.165, 1.54) is 0 Å². The Morgan fingerprint density at radius 1 is 1.40 bits per heavy atom. The third-order valence-corrected chi connectivity index (χ3v) is 2.87. The van der Waals surface area contributed by atoms with Crippen molar-refractivity contribution in [3.63, 3.8) is 0 Å². The van der Waals surface area contributed by atoms with Gasteiger partial charge in [0.2, 0.25) is 0 Å². The van der Waals surface area contributed by atoms with E-state index in [-0.39, 0.29) is 5.91 Å². The zero-order valence-corrected chi connectivity index (χ0v) is 11.4. The van der Waals surface area contributed by atoms with Gasteiger partial charge in [0.05, 0.1) is 13.4 Å². The molecule has 0 radical (unpaired) electrons. The SMILES string of the molecule is COc1ccc(CNC(=O)c2cn(CCN)cn2)cc1. The fourth-order valence-corrected chi connectivity index (χ4v) is 1.76. The number of carbonyl (C=O) groups is 1. The molecule has 2 aromatic rings. The molecule has 0 aliphatic rings. The maximum atomic E-state index is 11.9. The van der Waals surface area contributed by atoms with Gasteiger partial charge in [0.1, 0.15) is 11.4 Å². The molecule has 6 nitrogen and oxygen atoms in total. The third-order valence-electron chi connectivity index (χ3n) is 2.87. The summed E-state index contributed by atoms with van der Waals surface area (Å²) in [7, 11) is 1.62. The summed E-state index contributed by atoms with van der Waals surface area (Å²) in [6.45, 7) is 1.62. The van der Waals surface area contributed by atoms with Crippen molar-refractivity contribution in [2.24, 2.45) is 5.73 Å². The maximum absolute atomic E-state index is 11.9. The maximum Gasteiger partial charge on any atom is 0.271 e. The largest absolute Gasteiger partial charge is 0.497 e. The molecule has 20 heavy (non-hydrogen) atoms. The van der Waals surface area contributed by atoms with E-state index in [4.69, 9.17) is 10.5 Å². The second-order valence-corrected chi connectivity index (χ2v) is 4.32. The van der Waals surface area contributed by atoms with Crippen LogP contribution in [0.25, 0.3) is 0 Å². The molecule has 0 saturated carbocycles. The van der Waals surface area contributed by atoms with Gasteiger partial charge in [-0.15, -0.1) is 0 Å². The van der Waals surface area contributed by atoms with Gasteiger partial charge in [0.25, 0.3) is 5.91 Å². The van der Waals surface area contributed by atoms with E-state index in [2.05, 4.69) is 10.3 Å². The smallest absolute Gasteiger partial charge is 0.271 e. The first kappa shape index (κ1) is 14.1. The van der Waals surface area contributed by atoms with Gasteiger partial charge >= 0.3 is 0 Å². The molecule has 0 fully saturated rings. The van der Waals surface area contributed by atoms with Crippen LogP contribution in [0.3, 0.4) is 0 Å². The van der Waals surface area contributed by atoms with Gasteiger partial charge in [-0.3, -0.25) is 4.79 Å². The number of carbonyl (C=O) groups excluding carboxylic acids is 1. The normalized spacial score (nSPS) is 10.3. The average Bonchev–Trinajstić information content (AvgIpc) is 2.94. The predicted molar refractivity (Wildman–Crippen MR) is 75.4 cm³/mol. The summed E-state index contributed by atoms with van der Waals surface area (Å²) in [5.74, 6) is 0.595. The minimum absolute atomic E-state index is 0.198. The van der Waals surface area contributed by atoms with Gasteiger partial charge in [-0.25, -0.2) is 4.98 Å². The zero-order chi connectivity index (χ0) is 14.4. The van der Waals surface area contributed by atoms with Crippen molar-refractivity contribution in [1.82, 2.24) is 14.9 Å². The summed E-state index contributed by atoms with van der Waals surface area (Å²) in [4.78, 5) is 16.0. The number of nitrogens with two attached hydrogens (primary N) is 1. The number of imidazole rings is 1. The number of nitrogens with zero attached hydrogens (tertiary/aromatic N) is 2. The van der Waals surface area contributed by atoms with Crippen LogP contribution in [0.1, 0.15) is 16.1 Å². The molecule has 0 saturated heterocycles. The lowest BCUT2D eigenvalue weighted by Crippen LogP contribution is -2.23. The van der Waals surface area contributed by atoms with Crippen LogP contribution in [-0.4, -0.2) is 29.1 Å². The average molecular weight is 274 g/mol. The van der Waals surface area contributed by atoms with Gasteiger partial charge in [-0.1, -0.05) is 12.1 Å². The Kier molecular flexibility index (Phi) is 4.73. The highest BCUT2D eigenvalue weighted by Gasteiger charge is 2.08. The van der Waals surface area contributed by atoms with Crippen molar-refractivity contribution < 1.29 is 9.53 Å². The molecule has 1 aromatic heterocycles.